The van der Waals surface area contributed by atoms with Gasteiger partial charge in [0.1, 0.15) is 5.82 Å². The molecule has 0 spiro atoms. The molecule has 0 aliphatic carbocycles. The van der Waals surface area contributed by atoms with Crippen molar-refractivity contribution < 1.29 is 68.2 Å². The van der Waals surface area contributed by atoms with Gasteiger partial charge in [-0.15, -0.1) is 6.54 Å². The molecule has 0 aliphatic heterocycles. The molecule has 0 heterocycles. The van der Waals surface area contributed by atoms with Crippen LogP contribution in [0.4, 0.5) is 4.39 Å². The summed E-state index contributed by atoms with van der Waals surface area (Å²) < 4.78 is 12.6. The van der Waals surface area contributed by atoms with E-state index in [4.69, 9.17) is 5.73 Å². The maximum Gasteiger partial charge on any atom is 0.102 e. The topological polar surface area (TPSA) is 26.0 Å². The smallest absolute Gasteiger partial charge is 0.102 e. The van der Waals surface area contributed by atoms with Gasteiger partial charge in [0, 0.05) is 63.8 Å². The molecule has 0 aromatic heterocycles. The minimum Gasteiger partial charge on any atom is -0.360 e. The van der Waals surface area contributed by atoms with Crippen molar-refractivity contribution in [1.82, 2.24) is 0 Å². The summed E-state index contributed by atoms with van der Waals surface area (Å²) in [4.78, 5) is 0. The van der Waals surface area contributed by atoms with Gasteiger partial charge in [-0.25, -0.2) is 4.39 Å². The summed E-state index contributed by atoms with van der Waals surface area (Å²) in [5, 5.41) is 0. The Kier molecular flexibility index (Phi) is 9.79. The van der Waals surface area contributed by atoms with E-state index in [9.17, 15) is 4.39 Å². The van der Waals surface area contributed by atoms with Crippen LogP contribution in [0.5, 0.6) is 0 Å². The van der Waals surface area contributed by atoms with E-state index < -0.39 is 0 Å². The molecule has 12 heavy (non-hydrogen) atoms. The van der Waals surface area contributed by atoms with E-state index in [1.54, 1.807) is 19.1 Å². The Morgan fingerprint density at radius 2 is 2.00 bits per heavy atom. The maximum absolute atomic E-state index is 12.6. The minimum atomic E-state index is -0.189. The van der Waals surface area contributed by atoms with E-state index >= 15 is 0 Å². The Labute approximate surface area is 121 Å². The normalized spacial score (nSPS) is 7.92. The molecule has 0 atom stereocenters. The third-order valence-corrected chi connectivity index (χ3v) is 1.37. The number of nitrogens with two attached hydrogens (primary N) is 1. The molecule has 0 bridgehead atoms. The quantitative estimate of drug-likeness (QED) is 0.628. The maximum atomic E-state index is 12.6. The molecule has 0 unspecified atom stereocenters. The molecular formula is C8H9FNUY-. The molecular weight excluding hydrogens is 456 g/mol. The van der Waals surface area contributed by atoms with E-state index in [1.165, 1.54) is 12.6 Å². The minimum absolute atomic E-state index is 0. The van der Waals surface area contributed by atoms with E-state index in [0.29, 0.717) is 5.56 Å². The zero-order valence-corrected chi connectivity index (χ0v) is 13.8. The van der Waals surface area contributed by atoms with Crippen molar-refractivity contribution in [2.75, 3.05) is 0 Å². The van der Waals surface area contributed by atoms with Gasteiger partial charge >= 0.3 is 0 Å². The number of aryl methyl sites for hydroxylation is 1. The molecule has 0 saturated heterocycles. The van der Waals surface area contributed by atoms with Gasteiger partial charge in [-0.1, -0.05) is 11.6 Å². The van der Waals surface area contributed by atoms with Crippen LogP contribution in [0.3, 0.4) is 0 Å². The zero-order chi connectivity index (χ0) is 7.56. The van der Waals surface area contributed by atoms with Gasteiger partial charge < -0.3 is 5.73 Å². The van der Waals surface area contributed by atoms with Crippen molar-refractivity contribution >= 4 is 0 Å². The van der Waals surface area contributed by atoms with Crippen LogP contribution < -0.4 is 5.73 Å². The first-order valence-electron chi connectivity index (χ1n) is 3.05. The van der Waals surface area contributed by atoms with E-state index in [2.05, 4.69) is 0 Å². The Hall–Kier alpha value is 1.14. The number of hydrogen-bond donors (Lipinski definition) is 1. The SMILES string of the molecule is Cc1cc([CH-]N)ccc1F.[U].[Y]. The molecule has 1 rings (SSSR count). The Morgan fingerprint density at radius 1 is 1.42 bits per heavy atom. The standard InChI is InChI=1S/C8H9FN.U.Y/c1-6-4-7(5-10)2-3-8(6)9;;/h2-5H,10H2,1H3;;/q-1;;. The van der Waals surface area contributed by atoms with Crippen LogP contribution in [0.1, 0.15) is 11.1 Å². The second-order valence-electron chi connectivity index (χ2n) is 2.18. The van der Waals surface area contributed by atoms with Crippen molar-refractivity contribution in [3.63, 3.8) is 0 Å². The van der Waals surface area contributed by atoms with Crippen LogP contribution in [-0.2, 0) is 32.7 Å². The molecule has 0 amide bonds. The summed E-state index contributed by atoms with van der Waals surface area (Å²) in [6.07, 6.45) is 0. The first-order chi connectivity index (χ1) is 4.74. The van der Waals surface area contributed by atoms with Gasteiger partial charge in [0.2, 0.25) is 0 Å². The van der Waals surface area contributed by atoms with Gasteiger partial charge in [0.15, 0.2) is 0 Å². The second-order valence-corrected chi connectivity index (χ2v) is 2.18. The summed E-state index contributed by atoms with van der Waals surface area (Å²) in [6, 6.07) is 4.76. The van der Waals surface area contributed by atoms with Crippen LogP contribution in [0.25, 0.3) is 0 Å². The van der Waals surface area contributed by atoms with Crippen LogP contribution >= 0.6 is 0 Å². The average Bonchev–Trinajstić information content (AvgIpc) is 1.95. The van der Waals surface area contributed by atoms with Gasteiger partial charge in [0.05, 0.1) is 0 Å². The number of halogens is 1. The summed E-state index contributed by atoms with van der Waals surface area (Å²) in [7, 11) is 0. The Balaban J connectivity index is 0. The van der Waals surface area contributed by atoms with Crippen molar-refractivity contribution in [3.05, 3.63) is 41.7 Å². The number of hydrogen-bond acceptors (Lipinski definition) is 1. The van der Waals surface area contributed by atoms with Crippen molar-refractivity contribution in [2.45, 2.75) is 6.92 Å². The van der Waals surface area contributed by atoms with Crippen molar-refractivity contribution in [1.29, 1.82) is 0 Å². The van der Waals surface area contributed by atoms with Gasteiger partial charge in [-0.2, -0.15) is 17.7 Å². The molecule has 1 radical (unpaired) electrons. The molecule has 1 nitrogen and oxygen atoms in total. The van der Waals surface area contributed by atoms with E-state index in [-0.39, 0.29) is 69.6 Å². The summed E-state index contributed by atoms with van der Waals surface area (Å²) in [5.41, 5.74) is 6.69. The Morgan fingerprint density at radius 3 is 2.42 bits per heavy atom. The fourth-order valence-corrected chi connectivity index (χ4v) is 0.772. The van der Waals surface area contributed by atoms with Gasteiger partial charge in [-0.3, -0.25) is 0 Å². The average molecular weight is 465 g/mol. The van der Waals surface area contributed by atoms with Crippen molar-refractivity contribution in [3.8, 4) is 0 Å². The molecule has 4 heteroatoms. The van der Waals surface area contributed by atoms with Gasteiger partial charge in [0.25, 0.3) is 0 Å². The van der Waals surface area contributed by atoms with Crippen LogP contribution in [0, 0.1) is 50.4 Å². The molecule has 0 saturated carbocycles. The van der Waals surface area contributed by atoms with Crippen LogP contribution in [-0.4, -0.2) is 0 Å². The first kappa shape index (κ1) is 15.6. The van der Waals surface area contributed by atoms with Crippen LogP contribution in [0.15, 0.2) is 18.2 Å². The zero-order valence-electron chi connectivity index (χ0n) is 6.84. The third kappa shape index (κ3) is 4.39. The fraction of sp³-hybridized carbons (Fsp3) is 0.125. The Bertz CT molecular complexity index is 242. The molecule has 0 fully saturated rings. The molecule has 1 aromatic rings. The van der Waals surface area contributed by atoms with E-state index in [0.717, 1.165) is 5.56 Å². The molecule has 61 valence electrons. The van der Waals surface area contributed by atoms with Gasteiger partial charge in [-0.05, 0) is 6.92 Å². The third-order valence-electron chi connectivity index (χ3n) is 1.37. The largest absolute Gasteiger partial charge is 0.360 e. The summed E-state index contributed by atoms with van der Waals surface area (Å²) in [5.74, 6) is -0.189. The number of rotatable bonds is 1. The summed E-state index contributed by atoms with van der Waals surface area (Å²) >= 11 is 0. The molecule has 1 aromatic carbocycles. The predicted octanol–water partition coefficient (Wildman–Crippen LogP) is 1.60. The monoisotopic (exact) mass is 465 g/mol. The first-order valence-corrected chi connectivity index (χ1v) is 3.05. The second kappa shape index (κ2) is 7.53. The summed E-state index contributed by atoms with van der Waals surface area (Å²) in [6.45, 7) is 3.16. The van der Waals surface area contributed by atoms with Crippen molar-refractivity contribution in [2.24, 2.45) is 5.73 Å². The van der Waals surface area contributed by atoms with E-state index in [1.807, 2.05) is 0 Å². The van der Waals surface area contributed by atoms with Crippen LogP contribution in [0.2, 0.25) is 0 Å². The molecule has 0 aliphatic rings. The number of benzene rings is 1. The fourth-order valence-electron chi connectivity index (χ4n) is 0.772. The molecule has 2 N–H and O–H groups in total. The predicted molar refractivity (Wildman–Crippen MR) is 38.7 cm³/mol.